The van der Waals surface area contributed by atoms with Gasteiger partial charge in [0, 0.05) is 24.3 Å². The topological polar surface area (TPSA) is 44.4 Å². The second-order valence-corrected chi connectivity index (χ2v) is 7.31. The summed E-state index contributed by atoms with van der Waals surface area (Å²) in [5.74, 6) is 0.122. The Hall–Kier alpha value is -2.40. The van der Waals surface area contributed by atoms with Gasteiger partial charge in [0.2, 0.25) is 0 Å². The van der Waals surface area contributed by atoms with Crippen LogP contribution in [0.5, 0.6) is 0 Å². The third-order valence-corrected chi connectivity index (χ3v) is 5.17. The first-order valence-electron chi connectivity index (χ1n) is 9.69. The fourth-order valence-electron chi connectivity index (χ4n) is 3.41. The second kappa shape index (κ2) is 9.51. The summed E-state index contributed by atoms with van der Waals surface area (Å²) >= 11 is 5.47. The Bertz CT molecular complexity index is 755. The van der Waals surface area contributed by atoms with Crippen molar-refractivity contribution in [3.05, 3.63) is 65.7 Å². The zero-order valence-electron chi connectivity index (χ0n) is 15.8. The van der Waals surface area contributed by atoms with Gasteiger partial charge in [-0.1, -0.05) is 37.3 Å². The maximum absolute atomic E-state index is 12.5. The summed E-state index contributed by atoms with van der Waals surface area (Å²) in [6, 6.07) is 18.0. The highest BCUT2D eigenvalue weighted by Gasteiger charge is 2.18. The molecule has 2 N–H and O–H groups in total. The Labute approximate surface area is 167 Å². The van der Waals surface area contributed by atoms with Crippen molar-refractivity contribution in [3.63, 3.8) is 0 Å². The molecule has 1 saturated heterocycles. The van der Waals surface area contributed by atoms with Gasteiger partial charge in [0.15, 0.2) is 5.11 Å². The highest BCUT2D eigenvalue weighted by molar-refractivity contribution is 7.80. The summed E-state index contributed by atoms with van der Waals surface area (Å²) in [5.41, 5.74) is 2.83. The quantitative estimate of drug-likeness (QED) is 0.734. The molecular weight excluding hydrogens is 354 g/mol. The van der Waals surface area contributed by atoms with Crippen LogP contribution in [0.3, 0.4) is 0 Å². The molecule has 1 fully saturated rings. The predicted molar refractivity (Wildman–Crippen MR) is 115 cm³/mol. The Morgan fingerprint density at radius 1 is 1.04 bits per heavy atom. The molecule has 142 valence electrons. The monoisotopic (exact) mass is 381 g/mol. The van der Waals surface area contributed by atoms with E-state index in [0.29, 0.717) is 5.11 Å². The maximum Gasteiger partial charge on any atom is 0.253 e. The van der Waals surface area contributed by atoms with Gasteiger partial charge in [-0.05, 0) is 67.7 Å². The van der Waals surface area contributed by atoms with Crippen LogP contribution in [0.4, 0.5) is 5.69 Å². The highest BCUT2D eigenvalue weighted by atomic mass is 32.1. The number of thiocarbonyl (C=S) groups is 1. The maximum atomic E-state index is 12.5. The molecule has 0 aliphatic carbocycles. The van der Waals surface area contributed by atoms with Crippen LogP contribution < -0.4 is 10.6 Å². The van der Waals surface area contributed by atoms with Crippen molar-refractivity contribution in [2.45, 2.75) is 38.6 Å². The summed E-state index contributed by atoms with van der Waals surface area (Å²) in [4.78, 5) is 14.5. The molecule has 2 aromatic carbocycles. The van der Waals surface area contributed by atoms with Gasteiger partial charge in [0.25, 0.3) is 5.91 Å². The number of rotatable bonds is 5. The minimum atomic E-state index is 0.122. The molecule has 1 aliphatic rings. The third kappa shape index (κ3) is 5.30. The lowest BCUT2D eigenvalue weighted by atomic mass is 10.1. The van der Waals surface area contributed by atoms with E-state index in [1.165, 1.54) is 12.0 Å². The van der Waals surface area contributed by atoms with Crippen molar-refractivity contribution in [3.8, 4) is 0 Å². The number of nitrogens with zero attached hydrogens (tertiary/aromatic N) is 1. The van der Waals surface area contributed by atoms with Crippen LogP contribution in [0, 0.1) is 0 Å². The third-order valence-electron chi connectivity index (χ3n) is 4.95. The normalized spacial score (nSPS) is 15.1. The lowest BCUT2D eigenvalue weighted by Gasteiger charge is -2.26. The number of hydrogen-bond donors (Lipinski definition) is 2. The number of amides is 1. The first kappa shape index (κ1) is 19.4. The number of carbonyl (C=O) groups is 1. The van der Waals surface area contributed by atoms with E-state index in [1.54, 1.807) is 0 Å². The molecule has 2 aromatic rings. The number of nitrogens with one attached hydrogen (secondary N) is 2. The minimum Gasteiger partial charge on any atom is -0.356 e. The molecule has 1 atom stereocenters. The van der Waals surface area contributed by atoms with Gasteiger partial charge in [0.1, 0.15) is 0 Å². The van der Waals surface area contributed by atoms with Crippen molar-refractivity contribution in [2.24, 2.45) is 0 Å². The van der Waals surface area contributed by atoms with Gasteiger partial charge in [0.05, 0.1) is 6.04 Å². The molecule has 0 spiro atoms. The van der Waals surface area contributed by atoms with Crippen LogP contribution in [-0.4, -0.2) is 29.0 Å². The Morgan fingerprint density at radius 3 is 2.33 bits per heavy atom. The van der Waals surface area contributed by atoms with Gasteiger partial charge in [-0.2, -0.15) is 0 Å². The van der Waals surface area contributed by atoms with Crippen molar-refractivity contribution < 1.29 is 4.79 Å². The molecule has 3 rings (SSSR count). The molecule has 1 aliphatic heterocycles. The molecule has 0 radical (unpaired) electrons. The van der Waals surface area contributed by atoms with Crippen molar-refractivity contribution >= 4 is 28.9 Å². The number of hydrogen-bond acceptors (Lipinski definition) is 2. The Kier molecular flexibility index (Phi) is 6.82. The van der Waals surface area contributed by atoms with Gasteiger partial charge >= 0.3 is 0 Å². The van der Waals surface area contributed by atoms with Crippen LogP contribution >= 0.6 is 12.2 Å². The summed E-state index contributed by atoms with van der Waals surface area (Å²) in [6.07, 6.45) is 4.37. The molecule has 0 unspecified atom stereocenters. The van der Waals surface area contributed by atoms with Crippen LogP contribution in [0.1, 0.15) is 54.6 Å². The van der Waals surface area contributed by atoms with E-state index >= 15 is 0 Å². The van der Waals surface area contributed by atoms with Gasteiger partial charge in [-0.15, -0.1) is 0 Å². The van der Waals surface area contributed by atoms with E-state index in [0.717, 1.165) is 43.6 Å². The van der Waals surface area contributed by atoms with E-state index in [2.05, 4.69) is 29.7 Å². The summed E-state index contributed by atoms with van der Waals surface area (Å²) in [6.45, 7) is 3.86. The lowest BCUT2D eigenvalue weighted by molar-refractivity contribution is 0.0724. The molecule has 0 aromatic heterocycles. The average Bonchev–Trinajstić information content (AvgIpc) is 2.73. The standard InChI is InChI=1S/C22H27N3OS/c1-2-20(17-9-5-3-6-10-17)24-22(27)23-19-13-11-18(12-14-19)21(26)25-15-7-4-8-16-25/h3,5-6,9-14,20H,2,4,7-8,15-16H2,1H3,(H2,23,24,27)/t20-/m0/s1. The SMILES string of the molecule is CC[C@H](NC(=S)Nc1ccc(C(=O)N2CCCCC2)cc1)c1ccccc1. The number of anilines is 1. The van der Waals surface area contributed by atoms with Crippen molar-refractivity contribution in [2.75, 3.05) is 18.4 Å². The second-order valence-electron chi connectivity index (χ2n) is 6.90. The minimum absolute atomic E-state index is 0.122. The van der Waals surface area contributed by atoms with Gasteiger partial charge < -0.3 is 15.5 Å². The van der Waals surface area contributed by atoms with Crippen molar-refractivity contribution in [1.29, 1.82) is 0 Å². The van der Waals surface area contributed by atoms with E-state index < -0.39 is 0 Å². The average molecular weight is 382 g/mol. The van der Waals surface area contributed by atoms with E-state index in [-0.39, 0.29) is 11.9 Å². The molecule has 1 amide bonds. The Balaban J connectivity index is 1.57. The highest BCUT2D eigenvalue weighted by Crippen LogP contribution is 2.18. The van der Waals surface area contributed by atoms with Crippen LogP contribution in [0.2, 0.25) is 0 Å². The molecule has 4 nitrogen and oxygen atoms in total. The Morgan fingerprint density at radius 2 is 1.70 bits per heavy atom. The molecule has 0 saturated carbocycles. The van der Waals surface area contributed by atoms with E-state index in [1.807, 2.05) is 47.4 Å². The van der Waals surface area contributed by atoms with E-state index in [4.69, 9.17) is 12.2 Å². The molecular formula is C22H27N3OS. The first-order chi connectivity index (χ1) is 13.2. The number of benzene rings is 2. The first-order valence-corrected chi connectivity index (χ1v) is 10.1. The van der Waals surface area contributed by atoms with Crippen molar-refractivity contribution in [1.82, 2.24) is 10.2 Å². The zero-order valence-corrected chi connectivity index (χ0v) is 16.6. The summed E-state index contributed by atoms with van der Waals surface area (Å²) in [5, 5.41) is 7.17. The number of piperidine rings is 1. The molecule has 5 heteroatoms. The number of carbonyl (C=O) groups excluding carboxylic acids is 1. The summed E-state index contributed by atoms with van der Waals surface area (Å²) in [7, 11) is 0. The fraction of sp³-hybridized carbons (Fsp3) is 0.364. The fourth-order valence-corrected chi connectivity index (χ4v) is 3.67. The summed E-state index contributed by atoms with van der Waals surface area (Å²) < 4.78 is 0. The van der Waals surface area contributed by atoms with Gasteiger partial charge in [-0.25, -0.2) is 0 Å². The largest absolute Gasteiger partial charge is 0.356 e. The van der Waals surface area contributed by atoms with Crippen LogP contribution in [-0.2, 0) is 0 Å². The zero-order chi connectivity index (χ0) is 19.1. The molecule has 0 bridgehead atoms. The van der Waals surface area contributed by atoms with Gasteiger partial charge in [-0.3, -0.25) is 4.79 Å². The van der Waals surface area contributed by atoms with E-state index in [9.17, 15) is 4.79 Å². The predicted octanol–water partition coefficient (Wildman–Crippen LogP) is 4.75. The molecule has 1 heterocycles. The van der Waals surface area contributed by atoms with Crippen LogP contribution in [0.25, 0.3) is 0 Å². The molecule has 27 heavy (non-hydrogen) atoms. The lowest BCUT2D eigenvalue weighted by Crippen LogP contribution is -2.35. The number of likely N-dealkylation sites (tertiary alicyclic amines) is 1. The smallest absolute Gasteiger partial charge is 0.253 e. The van der Waals surface area contributed by atoms with Crippen LogP contribution in [0.15, 0.2) is 54.6 Å².